The van der Waals surface area contributed by atoms with E-state index in [-0.39, 0.29) is 0 Å². The van der Waals surface area contributed by atoms with Crippen molar-refractivity contribution in [3.63, 3.8) is 0 Å². The molecule has 0 spiro atoms. The normalized spacial score (nSPS) is 15.2. The maximum atomic E-state index is 4.23. The molecule has 0 radical (unpaired) electrons. The van der Waals surface area contributed by atoms with Crippen LogP contribution in [0.3, 0.4) is 0 Å². The number of rotatable bonds is 3. The Balaban J connectivity index is 1.84. The van der Waals surface area contributed by atoms with Crippen molar-refractivity contribution in [3.05, 3.63) is 30.4 Å². The molecule has 1 saturated carbocycles. The van der Waals surface area contributed by atoms with E-state index in [0.717, 1.165) is 11.4 Å². The average molecular weight is 201 g/mol. The molecule has 0 unspecified atom stereocenters. The Hall–Kier alpha value is -1.91. The molecule has 0 saturated heterocycles. The zero-order valence-electron chi connectivity index (χ0n) is 8.14. The van der Waals surface area contributed by atoms with Crippen LogP contribution < -0.4 is 5.32 Å². The second kappa shape index (κ2) is 3.34. The third-order valence-corrected chi connectivity index (χ3v) is 2.45. The SMILES string of the molecule is c1cnc(Nc2c[nH]nc2C2CC2)nc1. The Morgan fingerprint density at radius 3 is 2.80 bits per heavy atom. The van der Waals surface area contributed by atoms with Crippen LogP contribution >= 0.6 is 0 Å². The second-order valence-corrected chi connectivity index (χ2v) is 3.66. The van der Waals surface area contributed by atoms with Gasteiger partial charge in [-0.2, -0.15) is 5.10 Å². The Kier molecular flexibility index (Phi) is 1.87. The summed E-state index contributed by atoms with van der Waals surface area (Å²) in [6.07, 6.45) is 7.74. The molecule has 5 heteroatoms. The largest absolute Gasteiger partial charge is 0.321 e. The van der Waals surface area contributed by atoms with Gasteiger partial charge < -0.3 is 5.32 Å². The Morgan fingerprint density at radius 1 is 1.27 bits per heavy atom. The molecule has 0 aliphatic heterocycles. The van der Waals surface area contributed by atoms with Crippen molar-refractivity contribution in [2.24, 2.45) is 0 Å². The van der Waals surface area contributed by atoms with Gasteiger partial charge in [-0.05, 0) is 18.9 Å². The molecule has 1 aliphatic rings. The maximum absolute atomic E-state index is 4.23. The van der Waals surface area contributed by atoms with Crippen LogP contribution in [0.25, 0.3) is 0 Å². The summed E-state index contributed by atoms with van der Waals surface area (Å²) in [5.74, 6) is 1.23. The van der Waals surface area contributed by atoms with Crippen LogP contribution in [0.1, 0.15) is 24.5 Å². The molecule has 2 aromatic rings. The quantitative estimate of drug-likeness (QED) is 0.794. The molecule has 1 fully saturated rings. The molecule has 0 bridgehead atoms. The van der Waals surface area contributed by atoms with E-state index in [1.807, 2.05) is 6.20 Å². The fraction of sp³-hybridized carbons (Fsp3) is 0.300. The topological polar surface area (TPSA) is 66.5 Å². The molecule has 0 atom stereocenters. The minimum atomic E-state index is 0.612. The summed E-state index contributed by atoms with van der Waals surface area (Å²) >= 11 is 0. The van der Waals surface area contributed by atoms with Crippen molar-refractivity contribution in [3.8, 4) is 0 Å². The van der Waals surface area contributed by atoms with Gasteiger partial charge in [0, 0.05) is 24.5 Å². The molecule has 0 aromatic carbocycles. The van der Waals surface area contributed by atoms with Crippen LogP contribution in [0, 0.1) is 0 Å². The van der Waals surface area contributed by atoms with E-state index in [1.54, 1.807) is 18.5 Å². The van der Waals surface area contributed by atoms with Crippen molar-refractivity contribution in [1.82, 2.24) is 20.2 Å². The van der Waals surface area contributed by atoms with E-state index in [9.17, 15) is 0 Å². The van der Waals surface area contributed by atoms with Gasteiger partial charge in [0.15, 0.2) is 0 Å². The second-order valence-electron chi connectivity index (χ2n) is 3.66. The van der Waals surface area contributed by atoms with Gasteiger partial charge in [-0.15, -0.1) is 0 Å². The van der Waals surface area contributed by atoms with Crippen molar-refractivity contribution in [2.75, 3.05) is 5.32 Å². The highest BCUT2D eigenvalue weighted by molar-refractivity contribution is 5.56. The summed E-state index contributed by atoms with van der Waals surface area (Å²) in [6, 6.07) is 1.79. The van der Waals surface area contributed by atoms with E-state index >= 15 is 0 Å². The average Bonchev–Trinajstić information content (AvgIpc) is 3.02. The fourth-order valence-corrected chi connectivity index (χ4v) is 1.55. The highest BCUT2D eigenvalue weighted by atomic mass is 15.2. The Morgan fingerprint density at radius 2 is 2.07 bits per heavy atom. The molecule has 0 amide bonds. The summed E-state index contributed by atoms with van der Waals surface area (Å²) < 4.78 is 0. The maximum Gasteiger partial charge on any atom is 0.227 e. The number of anilines is 2. The molecule has 2 aromatic heterocycles. The third kappa shape index (κ3) is 1.68. The first-order valence-electron chi connectivity index (χ1n) is 5.01. The van der Waals surface area contributed by atoms with Crippen LogP contribution in [0.4, 0.5) is 11.6 Å². The van der Waals surface area contributed by atoms with Gasteiger partial charge in [-0.1, -0.05) is 0 Å². The van der Waals surface area contributed by atoms with Gasteiger partial charge in [-0.3, -0.25) is 5.10 Å². The van der Waals surface area contributed by atoms with Crippen molar-refractivity contribution >= 4 is 11.6 Å². The first-order chi connectivity index (χ1) is 7.43. The molecule has 76 valence electrons. The first kappa shape index (κ1) is 8.40. The van der Waals surface area contributed by atoms with Crippen LogP contribution in [0.15, 0.2) is 24.7 Å². The number of nitrogens with zero attached hydrogens (tertiary/aromatic N) is 3. The van der Waals surface area contributed by atoms with Crippen molar-refractivity contribution in [1.29, 1.82) is 0 Å². The van der Waals surface area contributed by atoms with Crippen LogP contribution in [-0.2, 0) is 0 Å². The lowest BCUT2D eigenvalue weighted by atomic mass is 10.2. The van der Waals surface area contributed by atoms with Crippen LogP contribution in [-0.4, -0.2) is 20.2 Å². The molecule has 15 heavy (non-hydrogen) atoms. The minimum Gasteiger partial charge on any atom is -0.321 e. The lowest BCUT2D eigenvalue weighted by molar-refractivity contribution is 0.965. The third-order valence-electron chi connectivity index (χ3n) is 2.45. The molecule has 5 nitrogen and oxygen atoms in total. The zero-order chi connectivity index (χ0) is 10.1. The van der Waals surface area contributed by atoms with E-state index in [0.29, 0.717) is 11.9 Å². The minimum absolute atomic E-state index is 0.612. The van der Waals surface area contributed by atoms with E-state index in [2.05, 4.69) is 25.5 Å². The van der Waals surface area contributed by atoms with Crippen molar-refractivity contribution < 1.29 is 0 Å². The lowest BCUT2D eigenvalue weighted by Crippen LogP contribution is -1.97. The van der Waals surface area contributed by atoms with E-state index in [4.69, 9.17) is 0 Å². The fourth-order valence-electron chi connectivity index (χ4n) is 1.55. The van der Waals surface area contributed by atoms with Gasteiger partial charge in [0.2, 0.25) is 5.95 Å². The number of hydrogen-bond acceptors (Lipinski definition) is 4. The zero-order valence-corrected chi connectivity index (χ0v) is 8.14. The molecule has 3 rings (SSSR count). The van der Waals surface area contributed by atoms with Gasteiger partial charge in [0.05, 0.1) is 11.4 Å². The highest BCUT2D eigenvalue weighted by Gasteiger charge is 2.28. The summed E-state index contributed by atoms with van der Waals surface area (Å²) in [4.78, 5) is 8.22. The summed E-state index contributed by atoms with van der Waals surface area (Å²) in [7, 11) is 0. The van der Waals surface area contributed by atoms with Gasteiger partial charge in [0.25, 0.3) is 0 Å². The molecule has 1 aliphatic carbocycles. The van der Waals surface area contributed by atoms with Gasteiger partial charge in [0.1, 0.15) is 0 Å². The number of nitrogens with one attached hydrogen (secondary N) is 2. The smallest absolute Gasteiger partial charge is 0.227 e. The number of aromatic nitrogens is 4. The molecular formula is C10H11N5. The summed E-state index contributed by atoms with van der Waals surface area (Å²) in [6.45, 7) is 0. The number of aromatic amines is 1. The van der Waals surface area contributed by atoms with E-state index < -0.39 is 0 Å². The van der Waals surface area contributed by atoms with Crippen molar-refractivity contribution in [2.45, 2.75) is 18.8 Å². The lowest BCUT2D eigenvalue weighted by Gasteiger charge is -2.02. The molecule has 2 N–H and O–H groups in total. The predicted octanol–water partition coefficient (Wildman–Crippen LogP) is 1.82. The first-order valence-corrected chi connectivity index (χ1v) is 5.01. The summed E-state index contributed by atoms with van der Waals surface area (Å²) in [5, 5.41) is 10.3. The van der Waals surface area contributed by atoms with Crippen LogP contribution in [0.5, 0.6) is 0 Å². The molecule has 2 heterocycles. The Bertz CT molecular complexity index is 446. The number of hydrogen-bond donors (Lipinski definition) is 2. The van der Waals surface area contributed by atoms with Crippen LogP contribution in [0.2, 0.25) is 0 Å². The molecular weight excluding hydrogens is 190 g/mol. The van der Waals surface area contributed by atoms with Gasteiger partial charge >= 0.3 is 0 Å². The summed E-state index contributed by atoms with van der Waals surface area (Å²) in [5.41, 5.74) is 2.09. The number of H-pyrrole nitrogens is 1. The van der Waals surface area contributed by atoms with Gasteiger partial charge in [-0.25, -0.2) is 9.97 Å². The monoisotopic (exact) mass is 201 g/mol. The Labute approximate surface area is 87.0 Å². The highest BCUT2D eigenvalue weighted by Crippen LogP contribution is 2.42. The standard InChI is InChI=1S/C10H11N5/c1-4-11-10(12-5-1)14-8-6-13-15-9(8)7-2-3-7/h1,4-7H,2-3H2,(H,13,15)(H,11,12,14). The van der Waals surface area contributed by atoms with E-state index in [1.165, 1.54) is 12.8 Å². The predicted molar refractivity (Wildman–Crippen MR) is 55.9 cm³/mol.